The van der Waals surface area contributed by atoms with E-state index in [1.807, 2.05) is 60.7 Å². The molecular weight excluding hydrogens is 316 g/mol. The van der Waals surface area contributed by atoms with Crippen LogP contribution in [-0.2, 0) is 31.9 Å². The van der Waals surface area contributed by atoms with Crippen molar-refractivity contribution in [2.45, 2.75) is 12.8 Å². The van der Waals surface area contributed by atoms with Gasteiger partial charge in [0, 0.05) is 0 Å². The van der Waals surface area contributed by atoms with Crippen molar-refractivity contribution in [1.29, 1.82) is 0 Å². The van der Waals surface area contributed by atoms with Gasteiger partial charge in [0.25, 0.3) is 0 Å². The topological polar surface area (TPSA) is 52.6 Å². The molecule has 4 heteroatoms. The number of esters is 2. The fourth-order valence-electron chi connectivity index (χ4n) is 3.38. The summed E-state index contributed by atoms with van der Waals surface area (Å²) in [5, 5.41) is 0. The van der Waals surface area contributed by atoms with E-state index in [4.69, 9.17) is 9.47 Å². The summed E-state index contributed by atoms with van der Waals surface area (Å²) in [5.41, 5.74) is 2.19. The molecule has 1 aliphatic carbocycles. The third-order valence-electron chi connectivity index (χ3n) is 4.64. The molecule has 0 spiro atoms. The smallest absolute Gasteiger partial charge is 0.335 e. The van der Waals surface area contributed by atoms with Crippen LogP contribution in [0.5, 0.6) is 0 Å². The van der Waals surface area contributed by atoms with Crippen molar-refractivity contribution in [3.8, 4) is 0 Å². The predicted octanol–water partition coefficient (Wildman–Crippen LogP) is 3.11. The Labute approximate surface area is 147 Å². The average molecular weight is 336 g/mol. The second-order valence-corrected chi connectivity index (χ2v) is 6.07. The summed E-state index contributed by atoms with van der Waals surface area (Å²) in [5.74, 6) is -0.880. The summed E-state index contributed by atoms with van der Waals surface area (Å²) in [4.78, 5) is 25.0. The lowest BCUT2D eigenvalue weighted by atomic mass is 9.87. The number of ether oxygens (including phenoxy) is 2. The Hall–Kier alpha value is -2.88. The largest absolute Gasteiger partial charge is 0.468 e. The van der Waals surface area contributed by atoms with Crippen LogP contribution in [0.15, 0.2) is 71.8 Å². The van der Waals surface area contributed by atoms with Gasteiger partial charge >= 0.3 is 11.9 Å². The molecule has 2 aromatic rings. The molecule has 1 unspecified atom stereocenters. The molecule has 4 nitrogen and oxygen atoms in total. The first kappa shape index (κ1) is 17.0. The Balaban J connectivity index is 1.98. The summed E-state index contributed by atoms with van der Waals surface area (Å²) < 4.78 is 9.98. The van der Waals surface area contributed by atoms with Gasteiger partial charge < -0.3 is 9.47 Å². The minimum atomic E-state index is -1.03. The molecule has 0 aliphatic heterocycles. The molecular formula is C21H20O4. The second kappa shape index (κ2) is 6.93. The molecule has 0 radical (unpaired) electrons. The zero-order valence-corrected chi connectivity index (χ0v) is 14.3. The van der Waals surface area contributed by atoms with Crippen LogP contribution in [0.2, 0.25) is 0 Å². The summed E-state index contributed by atoms with van der Waals surface area (Å²) in [7, 11) is 2.68. The van der Waals surface area contributed by atoms with Gasteiger partial charge in [-0.25, -0.2) is 4.79 Å². The van der Waals surface area contributed by atoms with Crippen molar-refractivity contribution in [1.82, 2.24) is 0 Å². The molecule has 2 aromatic carbocycles. The van der Waals surface area contributed by atoms with Crippen LogP contribution in [0.1, 0.15) is 11.1 Å². The van der Waals surface area contributed by atoms with Gasteiger partial charge in [-0.2, -0.15) is 0 Å². The van der Waals surface area contributed by atoms with E-state index in [-0.39, 0.29) is 0 Å². The van der Waals surface area contributed by atoms with Gasteiger partial charge in [-0.05, 0) is 29.5 Å². The van der Waals surface area contributed by atoms with E-state index in [0.717, 1.165) is 16.7 Å². The van der Waals surface area contributed by atoms with Crippen molar-refractivity contribution in [2.24, 2.45) is 5.41 Å². The molecule has 1 aliphatic rings. The molecule has 128 valence electrons. The minimum absolute atomic E-state index is 0.396. The summed E-state index contributed by atoms with van der Waals surface area (Å²) in [6, 6.07) is 19.4. The Bertz CT molecular complexity index is 808. The predicted molar refractivity (Wildman–Crippen MR) is 93.8 cm³/mol. The fraction of sp³-hybridized carbons (Fsp3) is 0.238. The van der Waals surface area contributed by atoms with Crippen molar-refractivity contribution >= 4 is 11.9 Å². The Morgan fingerprint density at radius 2 is 1.40 bits per heavy atom. The Kier molecular flexibility index (Phi) is 4.70. The van der Waals surface area contributed by atoms with Gasteiger partial charge in [0.15, 0.2) is 0 Å². The standard InChI is InChI=1S/C21H20O4/c1-24-19(22)18-17(13-15-9-5-3-6-10-15)21(18,20(23)25-2)14-16-11-7-4-8-12-16/h3-12H,13-14H2,1-2H3. The molecule has 0 saturated heterocycles. The van der Waals surface area contributed by atoms with Gasteiger partial charge in [0.2, 0.25) is 0 Å². The quantitative estimate of drug-likeness (QED) is 0.761. The van der Waals surface area contributed by atoms with Crippen molar-refractivity contribution in [3.05, 3.63) is 82.9 Å². The lowest BCUT2D eigenvalue weighted by Crippen LogP contribution is -2.28. The van der Waals surface area contributed by atoms with Crippen LogP contribution in [0, 0.1) is 5.41 Å². The Morgan fingerprint density at radius 1 is 0.840 bits per heavy atom. The molecule has 3 rings (SSSR count). The van der Waals surface area contributed by atoms with E-state index in [9.17, 15) is 9.59 Å². The van der Waals surface area contributed by atoms with E-state index >= 15 is 0 Å². The van der Waals surface area contributed by atoms with E-state index in [0.29, 0.717) is 18.4 Å². The second-order valence-electron chi connectivity index (χ2n) is 6.07. The number of rotatable bonds is 6. The lowest BCUT2D eigenvalue weighted by molar-refractivity contribution is -0.148. The van der Waals surface area contributed by atoms with Crippen LogP contribution in [0.4, 0.5) is 0 Å². The Morgan fingerprint density at radius 3 is 1.92 bits per heavy atom. The molecule has 0 N–H and O–H groups in total. The number of benzene rings is 2. The molecule has 0 aromatic heterocycles. The molecule has 0 heterocycles. The van der Waals surface area contributed by atoms with Crippen LogP contribution < -0.4 is 0 Å². The molecule has 0 amide bonds. The normalized spacial score (nSPS) is 18.6. The summed E-state index contributed by atoms with van der Waals surface area (Å²) in [6.07, 6.45) is 0.917. The van der Waals surface area contributed by atoms with Crippen LogP contribution in [0.3, 0.4) is 0 Å². The van der Waals surface area contributed by atoms with Gasteiger partial charge in [-0.1, -0.05) is 60.7 Å². The summed E-state index contributed by atoms with van der Waals surface area (Å²) in [6.45, 7) is 0. The first-order valence-corrected chi connectivity index (χ1v) is 8.12. The first-order chi connectivity index (χ1) is 12.1. The zero-order chi connectivity index (χ0) is 17.9. The molecule has 0 saturated carbocycles. The van der Waals surface area contributed by atoms with Crippen LogP contribution in [0.25, 0.3) is 0 Å². The van der Waals surface area contributed by atoms with Crippen molar-refractivity contribution < 1.29 is 19.1 Å². The number of carbonyl (C=O) groups is 2. The first-order valence-electron chi connectivity index (χ1n) is 8.12. The van der Waals surface area contributed by atoms with Crippen molar-refractivity contribution in [3.63, 3.8) is 0 Å². The third-order valence-corrected chi connectivity index (χ3v) is 4.64. The maximum absolute atomic E-state index is 12.7. The van der Waals surface area contributed by atoms with Crippen molar-refractivity contribution in [2.75, 3.05) is 14.2 Å². The third kappa shape index (κ3) is 3.07. The highest BCUT2D eigenvalue weighted by atomic mass is 16.5. The highest BCUT2D eigenvalue weighted by molar-refractivity contribution is 6.09. The average Bonchev–Trinajstić information content (AvgIpc) is 3.29. The zero-order valence-electron chi connectivity index (χ0n) is 14.3. The molecule has 1 atom stereocenters. The minimum Gasteiger partial charge on any atom is -0.468 e. The van der Waals surface area contributed by atoms with E-state index in [1.54, 1.807) is 0 Å². The van der Waals surface area contributed by atoms with Gasteiger partial charge in [-0.3, -0.25) is 4.79 Å². The molecule has 0 fully saturated rings. The van der Waals surface area contributed by atoms with Gasteiger partial charge in [-0.15, -0.1) is 0 Å². The maximum atomic E-state index is 12.7. The molecule has 0 bridgehead atoms. The lowest BCUT2D eigenvalue weighted by Gasteiger charge is -2.18. The van der Waals surface area contributed by atoms with E-state index < -0.39 is 17.4 Å². The monoisotopic (exact) mass is 336 g/mol. The number of methoxy groups -OCH3 is 2. The summed E-state index contributed by atoms with van der Waals surface area (Å²) >= 11 is 0. The number of hydrogen-bond acceptors (Lipinski definition) is 4. The molecule has 25 heavy (non-hydrogen) atoms. The van der Waals surface area contributed by atoms with E-state index in [1.165, 1.54) is 14.2 Å². The van der Waals surface area contributed by atoms with E-state index in [2.05, 4.69) is 0 Å². The van der Waals surface area contributed by atoms with Crippen LogP contribution in [-0.4, -0.2) is 26.2 Å². The van der Waals surface area contributed by atoms with Gasteiger partial charge in [0.05, 0.1) is 19.8 Å². The highest BCUT2D eigenvalue weighted by Gasteiger charge is 2.63. The van der Waals surface area contributed by atoms with Crippen LogP contribution >= 0.6 is 0 Å². The highest BCUT2D eigenvalue weighted by Crippen LogP contribution is 2.57. The maximum Gasteiger partial charge on any atom is 0.335 e. The van der Waals surface area contributed by atoms with Gasteiger partial charge in [0.1, 0.15) is 5.41 Å². The number of hydrogen-bond donors (Lipinski definition) is 0. The fourth-order valence-corrected chi connectivity index (χ4v) is 3.38. The SMILES string of the molecule is COC(=O)C1=C(Cc2ccccc2)C1(Cc1ccccc1)C(=O)OC. The number of carbonyl (C=O) groups excluding carboxylic acids is 2.